The number of hydrogen-bond donors (Lipinski definition) is 2. The van der Waals surface area contributed by atoms with Crippen molar-refractivity contribution in [3.63, 3.8) is 0 Å². The van der Waals surface area contributed by atoms with E-state index in [4.69, 9.17) is 5.11 Å². The maximum atomic E-state index is 9.38. The third-order valence-electron chi connectivity index (χ3n) is 3.32. The number of nitrogens with zero attached hydrogens (tertiary/aromatic N) is 1. The average molecular weight is 251 g/mol. The number of aliphatic hydroxyl groups excluding tert-OH is 2. The zero-order chi connectivity index (χ0) is 13.7. The highest BCUT2D eigenvalue weighted by Crippen LogP contribution is 2.17. The Morgan fingerprint density at radius 3 is 2.22 bits per heavy atom. The van der Waals surface area contributed by atoms with E-state index in [1.165, 1.54) is 22.3 Å². The molecule has 0 radical (unpaired) electrons. The standard InChI is InChI=1S/C15H25NO2/c1-11-7-12(2)15(13(3)8-11)5-6-16(4)9-14(18)10-17/h7-8,14,17-18H,5-6,9-10H2,1-4H3. The van der Waals surface area contributed by atoms with E-state index < -0.39 is 6.10 Å². The highest BCUT2D eigenvalue weighted by atomic mass is 16.3. The molecule has 0 heterocycles. The summed E-state index contributed by atoms with van der Waals surface area (Å²) in [4.78, 5) is 2.06. The second-order valence-corrected chi connectivity index (χ2v) is 5.23. The van der Waals surface area contributed by atoms with Gasteiger partial charge in [-0.05, 0) is 50.9 Å². The van der Waals surface area contributed by atoms with Crippen LogP contribution < -0.4 is 0 Å². The van der Waals surface area contributed by atoms with Gasteiger partial charge in [-0.1, -0.05) is 17.7 Å². The molecule has 3 nitrogen and oxygen atoms in total. The second kappa shape index (κ2) is 6.88. The van der Waals surface area contributed by atoms with Crippen LogP contribution in [-0.2, 0) is 6.42 Å². The van der Waals surface area contributed by atoms with Crippen LogP contribution in [0.2, 0.25) is 0 Å². The van der Waals surface area contributed by atoms with Gasteiger partial charge in [0.1, 0.15) is 0 Å². The van der Waals surface area contributed by atoms with E-state index in [9.17, 15) is 5.11 Å². The van der Waals surface area contributed by atoms with Gasteiger partial charge in [0.2, 0.25) is 0 Å². The molecule has 18 heavy (non-hydrogen) atoms. The van der Waals surface area contributed by atoms with Crippen molar-refractivity contribution in [1.82, 2.24) is 4.90 Å². The number of aliphatic hydroxyl groups is 2. The Balaban J connectivity index is 2.58. The van der Waals surface area contributed by atoms with Crippen LogP contribution in [0.15, 0.2) is 12.1 Å². The lowest BCUT2D eigenvalue weighted by Gasteiger charge is -2.20. The van der Waals surface area contributed by atoms with Crippen LogP contribution in [-0.4, -0.2) is 48.0 Å². The SMILES string of the molecule is Cc1cc(C)c(CCN(C)CC(O)CO)c(C)c1. The molecule has 0 aliphatic rings. The van der Waals surface area contributed by atoms with Crippen molar-refractivity contribution in [2.75, 3.05) is 26.7 Å². The van der Waals surface area contributed by atoms with Crippen molar-refractivity contribution in [2.24, 2.45) is 0 Å². The first-order valence-corrected chi connectivity index (χ1v) is 6.48. The van der Waals surface area contributed by atoms with Crippen molar-refractivity contribution in [3.8, 4) is 0 Å². The monoisotopic (exact) mass is 251 g/mol. The molecule has 0 aromatic heterocycles. The summed E-state index contributed by atoms with van der Waals surface area (Å²) in [5.74, 6) is 0. The molecule has 0 aliphatic carbocycles. The van der Waals surface area contributed by atoms with Gasteiger partial charge in [0.25, 0.3) is 0 Å². The third kappa shape index (κ3) is 4.41. The molecular formula is C15H25NO2. The first-order valence-electron chi connectivity index (χ1n) is 6.48. The summed E-state index contributed by atoms with van der Waals surface area (Å²) in [6.07, 6.45) is 0.335. The molecule has 2 N–H and O–H groups in total. The quantitative estimate of drug-likeness (QED) is 0.804. The van der Waals surface area contributed by atoms with Crippen molar-refractivity contribution in [2.45, 2.75) is 33.3 Å². The van der Waals surface area contributed by atoms with Gasteiger partial charge in [-0.3, -0.25) is 0 Å². The number of likely N-dealkylation sites (N-methyl/N-ethyl adjacent to an activating group) is 1. The largest absolute Gasteiger partial charge is 0.394 e. The number of rotatable bonds is 6. The maximum absolute atomic E-state index is 9.38. The van der Waals surface area contributed by atoms with E-state index in [-0.39, 0.29) is 6.61 Å². The minimum absolute atomic E-state index is 0.174. The topological polar surface area (TPSA) is 43.7 Å². The first-order chi connectivity index (χ1) is 8.43. The van der Waals surface area contributed by atoms with Gasteiger partial charge in [-0.15, -0.1) is 0 Å². The Morgan fingerprint density at radius 1 is 1.17 bits per heavy atom. The summed E-state index contributed by atoms with van der Waals surface area (Å²) in [5.41, 5.74) is 5.37. The zero-order valence-corrected chi connectivity index (χ0v) is 11.9. The highest BCUT2D eigenvalue weighted by Gasteiger charge is 2.09. The van der Waals surface area contributed by atoms with Crippen LogP contribution in [0.3, 0.4) is 0 Å². The maximum Gasteiger partial charge on any atom is 0.0897 e. The van der Waals surface area contributed by atoms with Crippen LogP contribution in [0, 0.1) is 20.8 Å². The van der Waals surface area contributed by atoms with Crippen molar-refractivity contribution in [1.29, 1.82) is 0 Å². The number of hydrogen-bond acceptors (Lipinski definition) is 3. The zero-order valence-electron chi connectivity index (χ0n) is 11.9. The molecule has 0 fully saturated rings. The predicted molar refractivity (Wildman–Crippen MR) is 74.9 cm³/mol. The summed E-state index contributed by atoms with van der Waals surface area (Å²) in [6, 6.07) is 4.43. The van der Waals surface area contributed by atoms with Gasteiger partial charge in [0.05, 0.1) is 12.7 Å². The minimum atomic E-state index is -0.643. The molecule has 1 unspecified atom stereocenters. The fourth-order valence-electron chi connectivity index (χ4n) is 2.42. The fourth-order valence-corrected chi connectivity index (χ4v) is 2.42. The van der Waals surface area contributed by atoms with Gasteiger partial charge in [-0.25, -0.2) is 0 Å². The lowest BCUT2D eigenvalue weighted by Crippen LogP contribution is -2.32. The van der Waals surface area contributed by atoms with Gasteiger partial charge < -0.3 is 15.1 Å². The minimum Gasteiger partial charge on any atom is -0.394 e. The molecule has 3 heteroatoms. The van der Waals surface area contributed by atoms with Crippen LogP contribution in [0.1, 0.15) is 22.3 Å². The molecule has 0 aliphatic heterocycles. The summed E-state index contributed by atoms with van der Waals surface area (Å²) in [7, 11) is 1.97. The molecule has 0 saturated heterocycles. The molecule has 0 saturated carbocycles. The molecule has 1 aromatic rings. The molecule has 0 amide bonds. The van der Waals surface area contributed by atoms with Crippen LogP contribution in [0.5, 0.6) is 0 Å². The van der Waals surface area contributed by atoms with Gasteiger partial charge in [-0.2, -0.15) is 0 Å². The summed E-state index contributed by atoms with van der Waals surface area (Å²) < 4.78 is 0. The smallest absolute Gasteiger partial charge is 0.0897 e. The predicted octanol–water partition coefficient (Wildman–Crippen LogP) is 1.44. The Kier molecular flexibility index (Phi) is 5.79. The first kappa shape index (κ1) is 15.2. The molecule has 102 valence electrons. The van der Waals surface area contributed by atoms with E-state index in [1.807, 2.05) is 7.05 Å². The molecule has 0 spiro atoms. The Morgan fingerprint density at radius 2 is 1.72 bits per heavy atom. The lowest BCUT2D eigenvalue weighted by molar-refractivity contribution is 0.0669. The van der Waals surface area contributed by atoms with E-state index in [0.29, 0.717) is 6.54 Å². The third-order valence-corrected chi connectivity index (χ3v) is 3.32. The highest BCUT2D eigenvalue weighted by molar-refractivity contribution is 5.37. The number of aryl methyl sites for hydroxylation is 3. The van der Waals surface area contributed by atoms with E-state index >= 15 is 0 Å². The molecule has 1 rings (SSSR count). The van der Waals surface area contributed by atoms with E-state index in [2.05, 4.69) is 37.8 Å². The Bertz CT molecular complexity index is 367. The van der Waals surface area contributed by atoms with Crippen LogP contribution in [0.4, 0.5) is 0 Å². The van der Waals surface area contributed by atoms with Gasteiger partial charge >= 0.3 is 0 Å². The van der Waals surface area contributed by atoms with E-state index in [1.54, 1.807) is 0 Å². The Labute approximate surface area is 110 Å². The fraction of sp³-hybridized carbons (Fsp3) is 0.600. The molecule has 1 atom stereocenters. The molecule has 1 aromatic carbocycles. The van der Waals surface area contributed by atoms with Crippen molar-refractivity contribution in [3.05, 3.63) is 34.4 Å². The second-order valence-electron chi connectivity index (χ2n) is 5.23. The van der Waals surface area contributed by atoms with Crippen LogP contribution >= 0.6 is 0 Å². The molecular weight excluding hydrogens is 226 g/mol. The summed E-state index contributed by atoms with van der Waals surface area (Å²) in [6.45, 7) is 7.65. The number of benzene rings is 1. The van der Waals surface area contributed by atoms with Gasteiger partial charge in [0, 0.05) is 13.1 Å². The normalized spacial score (nSPS) is 13.1. The van der Waals surface area contributed by atoms with Crippen molar-refractivity contribution < 1.29 is 10.2 Å². The van der Waals surface area contributed by atoms with Crippen LogP contribution in [0.25, 0.3) is 0 Å². The average Bonchev–Trinajstić information content (AvgIpc) is 2.27. The molecule has 0 bridgehead atoms. The van der Waals surface area contributed by atoms with Gasteiger partial charge in [0.15, 0.2) is 0 Å². The summed E-state index contributed by atoms with van der Waals surface area (Å²) in [5, 5.41) is 18.2. The lowest BCUT2D eigenvalue weighted by atomic mass is 9.97. The Hall–Kier alpha value is -0.900. The summed E-state index contributed by atoms with van der Waals surface area (Å²) >= 11 is 0. The van der Waals surface area contributed by atoms with Crippen molar-refractivity contribution >= 4 is 0 Å². The van der Waals surface area contributed by atoms with E-state index in [0.717, 1.165) is 13.0 Å².